The number of anilines is 1. The number of nitrogens with zero attached hydrogens (tertiary/aromatic N) is 1. The number of sulfone groups is 1. The van der Waals surface area contributed by atoms with Gasteiger partial charge in [-0.2, -0.15) is 0 Å². The van der Waals surface area contributed by atoms with E-state index in [-0.39, 0.29) is 27.6 Å². The minimum atomic E-state index is -3.63. The number of non-ortho nitro benzene ring substituents is 1. The number of ether oxygens (including phenoxy) is 1. The molecule has 2 aromatic rings. The van der Waals surface area contributed by atoms with Gasteiger partial charge in [0, 0.05) is 17.8 Å². The molecule has 0 saturated heterocycles. The van der Waals surface area contributed by atoms with E-state index < -0.39 is 33.2 Å². The number of nitrogens with one attached hydrogen (secondary N) is 1. The van der Waals surface area contributed by atoms with Gasteiger partial charge in [-0.25, -0.2) is 13.2 Å². The minimum absolute atomic E-state index is 0.131. The summed E-state index contributed by atoms with van der Waals surface area (Å²) in [5.41, 5.74) is 0.00580. The van der Waals surface area contributed by atoms with E-state index >= 15 is 0 Å². The van der Waals surface area contributed by atoms with Gasteiger partial charge in [-0.05, 0) is 24.3 Å². The Morgan fingerprint density at radius 2 is 1.74 bits per heavy atom. The number of nitro benzene ring substituents is 1. The second-order valence-corrected chi connectivity index (χ2v) is 7.57. The van der Waals surface area contributed by atoms with Gasteiger partial charge in [0.05, 0.1) is 21.1 Å². The van der Waals surface area contributed by atoms with E-state index in [0.29, 0.717) is 0 Å². The number of rotatable bonds is 7. The molecule has 0 aromatic heterocycles. The van der Waals surface area contributed by atoms with Crippen molar-refractivity contribution < 1.29 is 27.7 Å². The van der Waals surface area contributed by atoms with Crippen LogP contribution in [-0.4, -0.2) is 37.6 Å². The molecule has 0 saturated carbocycles. The van der Waals surface area contributed by atoms with Crippen molar-refractivity contribution in [2.24, 2.45) is 0 Å². The summed E-state index contributed by atoms with van der Waals surface area (Å²) in [5.74, 6) is -1.80. The largest absolute Gasteiger partial charge is 0.452 e. The number of esters is 1. The molecule has 10 heteroatoms. The molecule has 0 aliphatic carbocycles. The van der Waals surface area contributed by atoms with Crippen LogP contribution in [0.1, 0.15) is 17.3 Å². The van der Waals surface area contributed by atoms with Crippen LogP contribution in [0.25, 0.3) is 0 Å². The van der Waals surface area contributed by atoms with Gasteiger partial charge in [0.1, 0.15) is 0 Å². The predicted octanol–water partition coefficient (Wildman–Crippen LogP) is 2.18. The van der Waals surface area contributed by atoms with Gasteiger partial charge in [-0.15, -0.1) is 0 Å². The first kappa shape index (κ1) is 20.0. The molecule has 0 fully saturated rings. The van der Waals surface area contributed by atoms with Crippen molar-refractivity contribution in [2.75, 3.05) is 17.7 Å². The van der Waals surface area contributed by atoms with Crippen LogP contribution in [0.4, 0.5) is 11.4 Å². The summed E-state index contributed by atoms with van der Waals surface area (Å²) < 4.78 is 29.0. The maximum Gasteiger partial charge on any atom is 0.339 e. The fourth-order valence-corrected chi connectivity index (χ4v) is 3.22. The topological polar surface area (TPSA) is 133 Å². The molecule has 9 nitrogen and oxygen atoms in total. The molecule has 0 aliphatic heterocycles. The summed E-state index contributed by atoms with van der Waals surface area (Å²) >= 11 is 0. The number of hydrogen-bond donors (Lipinski definition) is 1. The number of carbonyl (C=O) groups excluding carboxylic acids is 2. The van der Waals surface area contributed by atoms with E-state index in [2.05, 4.69) is 5.32 Å². The first-order valence-electron chi connectivity index (χ1n) is 7.78. The minimum Gasteiger partial charge on any atom is -0.452 e. The molecule has 2 rings (SSSR count). The van der Waals surface area contributed by atoms with Crippen LogP contribution in [0.3, 0.4) is 0 Å². The molecule has 1 N–H and O–H groups in total. The second-order valence-electron chi connectivity index (χ2n) is 5.33. The fraction of sp³-hybridized carbons (Fsp3) is 0.176. The third-order valence-electron chi connectivity index (χ3n) is 3.52. The van der Waals surface area contributed by atoms with Crippen LogP contribution in [0.5, 0.6) is 0 Å². The van der Waals surface area contributed by atoms with Gasteiger partial charge >= 0.3 is 5.97 Å². The Balaban J connectivity index is 2.01. The molecule has 0 atom stereocenters. The van der Waals surface area contributed by atoms with E-state index in [4.69, 9.17) is 4.74 Å². The summed E-state index contributed by atoms with van der Waals surface area (Å²) in [7, 11) is -3.63. The van der Waals surface area contributed by atoms with E-state index in [0.717, 1.165) is 0 Å². The van der Waals surface area contributed by atoms with Gasteiger partial charge in [-0.1, -0.05) is 19.1 Å². The molecule has 0 bridgehead atoms. The zero-order chi connectivity index (χ0) is 20.0. The first-order chi connectivity index (χ1) is 12.7. The standard InChI is InChI=1S/C17H16N2O7S/c1-2-27(24,25)15-6-4-3-5-14(15)17(21)26-11-16(20)18-12-7-9-13(10-8-12)19(22)23/h3-10H,2,11H2,1H3,(H,18,20). The third-order valence-corrected chi connectivity index (χ3v) is 5.30. The highest BCUT2D eigenvalue weighted by atomic mass is 32.2. The molecule has 0 heterocycles. The van der Waals surface area contributed by atoms with Crippen molar-refractivity contribution in [3.05, 3.63) is 64.2 Å². The zero-order valence-electron chi connectivity index (χ0n) is 14.2. The van der Waals surface area contributed by atoms with Crippen LogP contribution >= 0.6 is 0 Å². The van der Waals surface area contributed by atoms with Gasteiger partial charge in [0.2, 0.25) is 0 Å². The SMILES string of the molecule is CCS(=O)(=O)c1ccccc1C(=O)OCC(=O)Nc1ccc([N+](=O)[O-])cc1. The Labute approximate surface area is 155 Å². The normalized spacial score (nSPS) is 10.9. The highest BCUT2D eigenvalue weighted by Gasteiger charge is 2.22. The maximum absolute atomic E-state index is 12.2. The number of carbonyl (C=O) groups is 2. The lowest BCUT2D eigenvalue weighted by Gasteiger charge is -2.10. The highest BCUT2D eigenvalue weighted by molar-refractivity contribution is 7.91. The highest BCUT2D eigenvalue weighted by Crippen LogP contribution is 2.18. The Hall–Kier alpha value is -3.27. The summed E-state index contributed by atoms with van der Waals surface area (Å²) in [6.45, 7) is 0.811. The van der Waals surface area contributed by atoms with Crippen LogP contribution in [0.2, 0.25) is 0 Å². The van der Waals surface area contributed by atoms with Crippen molar-refractivity contribution in [3.8, 4) is 0 Å². The average Bonchev–Trinajstić information content (AvgIpc) is 2.66. The zero-order valence-corrected chi connectivity index (χ0v) is 15.1. The molecule has 2 aromatic carbocycles. The Kier molecular flexibility index (Phi) is 6.24. The molecule has 0 spiro atoms. The molecule has 1 amide bonds. The van der Waals surface area contributed by atoms with E-state index in [1.165, 1.54) is 55.5 Å². The van der Waals surface area contributed by atoms with Crippen molar-refractivity contribution in [1.29, 1.82) is 0 Å². The van der Waals surface area contributed by atoms with Crippen LogP contribution in [-0.2, 0) is 19.4 Å². The summed E-state index contributed by atoms with van der Waals surface area (Å²) in [5, 5.41) is 13.0. The number of hydrogen-bond acceptors (Lipinski definition) is 7. The van der Waals surface area contributed by atoms with Crippen molar-refractivity contribution in [3.63, 3.8) is 0 Å². The second kappa shape index (κ2) is 8.41. The molecule has 0 aliphatic rings. The summed E-state index contributed by atoms with van der Waals surface area (Å²) in [4.78, 5) is 33.9. The number of amides is 1. The third kappa shape index (κ3) is 5.11. The molecular formula is C17H16N2O7S. The Bertz CT molecular complexity index is 969. The lowest BCUT2D eigenvalue weighted by atomic mass is 10.2. The molecular weight excluding hydrogens is 376 g/mol. The van der Waals surface area contributed by atoms with E-state index in [9.17, 15) is 28.1 Å². The average molecular weight is 392 g/mol. The number of nitro groups is 1. The van der Waals surface area contributed by atoms with Crippen molar-refractivity contribution >= 4 is 33.1 Å². The first-order valence-corrected chi connectivity index (χ1v) is 9.43. The van der Waals surface area contributed by atoms with Crippen LogP contribution in [0.15, 0.2) is 53.4 Å². The fourth-order valence-electron chi connectivity index (χ4n) is 2.13. The molecule has 0 unspecified atom stereocenters. The van der Waals surface area contributed by atoms with E-state index in [1.807, 2.05) is 0 Å². The molecule has 0 radical (unpaired) electrons. The lowest BCUT2D eigenvalue weighted by Crippen LogP contribution is -2.22. The van der Waals surface area contributed by atoms with Crippen molar-refractivity contribution in [2.45, 2.75) is 11.8 Å². The van der Waals surface area contributed by atoms with Crippen LogP contribution in [0, 0.1) is 10.1 Å². The molecule has 142 valence electrons. The molecule has 27 heavy (non-hydrogen) atoms. The number of benzene rings is 2. The Morgan fingerprint density at radius 3 is 2.33 bits per heavy atom. The van der Waals surface area contributed by atoms with Gasteiger partial charge < -0.3 is 10.1 Å². The van der Waals surface area contributed by atoms with Crippen molar-refractivity contribution in [1.82, 2.24) is 0 Å². The van der Waals surface area contributed by atoms with Gasteiger partial charge in [0.15, 0.2) is 16.4 Å². The smallest absolute Gasteiger partial charge is 0.339 e. The lowest BCUT2D eigenvalue weighted by molar-refractivity contribution is -0.384. The maximum atomic E-state index is 12.2. The monoisotopic (exact) mass is 392 g/mol. The van der Waals surface area contributed by atoms with Crippen LogP contribution < -0.4 is 5.32 Å². The quantitative estimate of drug-likeness (QED) is 0.434. The van der Waals surface area contributed by atoms with Gasteiger partial charge in [-0.3, -0.25) is 14.9 Å². The van der Waals surface area contributed by atoms with Gasteiger partial charge in [0.25, 0.3) is 11.6 Å². The van der Waals surface area contributed by atoms with E-state index in [1.54, 1.807) is 0 Å². The summed E-state index contributed by atoms with van der Waals surface area (Å²) in [6, 6.07) is 10.7. The summed E-state index contributed by atoms with van der Waals surface area (Å²) in [6.07, 6.45) is 0. The predicted molar refractivity (Wildman–Crippen MR) is 96.2 cm³/mol. The Morgan fingerprint density at radius 1 is 1.11 bits per heavy atom.